The monoisotopic (exact) mass is 196 g/mol. The van der Waals surface area contributed by atoms with Gasteiger partial charge in [-0.05, 0) is 24.3 Å². The molecule has 0 aromatic rings. The summed E-state index contributed by atoms with van der Waals surface area (Å²) in [6, 6.07) is 0. The van der Waals surface area contributed by atoms with Crippen LogP contribution in [-0.4, -0.2) is 26.3 Å². The van der Waals surface area contributed by atoms with E-state index in [9.17, 15) is 4.79 Å². The first-order valence-electron chi connectivity index (χ1n) is 5.21. The molecular formula is C11H16O3. The van der Waals surface area contributed by atoms with Crippen LogP contribution in [-0.2, 0) is 14.3 Å². The molecule has 0 bridgehead atoms. The van der Waals surface area contributed by atoms with Crippen molar-refractivity contribution in [1.29, 1.82) is 0 Å². The molecule has 1 aliphatic carbocycles. The Morgan fingerprint density at radius 1 is 1.36 bits per heavy atom. The molecule has 1 aliphatic heterocycles. The zero-order chi connectivity index (χ0) is 9.97. The summed E-state index contributed by atoms with van der Waals surface area (Å²) in [4.78, 5) is 11.4. The molecule has 1 fully saturated rings. The standard InChI is InChI=1S/C11H16O3/c1-13-11(12)10-7-14-6-9(10)8-4-2-3-5-8/h8H,2-7H2,1H3. The van der Waals surface area contributed by atoms with Crippen LogP contribution >= 0.6 is 0 Å². The largest absolute Gasteiger partial charge is 0.466 e. The van der Waals surface area contributed by atoms with Gasteiger partial charge < -0.3 is 9.47 Å². The minimum Gasteiger partial charge on any atom is -0.466 e. The molecule has 3 heteroatoms. The number of carbonyl (C=O) groups is 1. The van der Waals surface area contributed by atoms with E-state index in [1.54, 1.807) is 0 Å². The van der Waals surface area contributed by atoms with Gasteiger partial charge >= 0.3 is 5.97 Å². The number of carbonyl (C=O) groups excluding carboxylic acids is 1. The van der Waals surface area contributed by atoms with Crippen molar-refractivity contribution >= 4 is 5.97 Å². The first kappa shape index (κ1) is 9.71. The van der Waals surface area contributed by atoms with E-state index < -0.39 is 0 Å². The van der Waals surface area contributed by atoms with E-state index in [-0.39, 0.29) is 5.97 Å². The molecule has 0 N–H and O–H groups in total. The highest BCUT2D eigenvalue weighted by Gasteiger charge is 2.29. The van der Waals surface area contributed by atoms with E-state index in [1.807, 2.05) is 0 Å². The second-order valence-electron chi connectivity index (χ2n) is 3.97. The van der Waals surface area contributed by atoms with E-state index >= 15 is 0 Å². The summed E-state index contributed by atoms with van der Waals surface area (Å²) in [5.41, 5.74) is 1.98. The Hall–Kier alpha value is -0.830. The highest BCUT2D eigenvalue weighted by Crippen LogP contribution is 2.35. The average Bonchev–Trinajstić information content (AvgIpc) is 2.85. The number of ether oxygens (including phenoxy) is 2. The molecule has 0 spiro atoms. The van der Waals surface area contributed by atoms with E-state index in [2.05, 4.69) is 0 Å². The zero-order valence-corrected chi connectivity index (χ0v) is 8.54. The second-order valence-corrected chi connectivity index (χ2v) is 3.97. The third kappa shape index (κ3) is 1.69. The Morgan fingerprint density at radius 2 is 2.07 bits per heavy atom. The van der Waals surface area contributed by atoms with Crippen LogP contribution < -0.4 is 0 Å². The van der Waals surface area contributed by atoms with Crippen molar-refractivity contribution in [2.75, 3.05) is 20.3 Å². The molecule has 1 saturated carbocycles. The highest BCUT2D eigenvalue weighted by molar-refractivity contribution is 5.90. The fourth-order valence-electron chi connectivity index (χ4n) is 2.39. The van der Waals surface area contributed by atoms with Crippen molar-refractivity contribution < 1.29 is 14.3 Å². The Morgan fingerprint density at radius 3 is 2.71 bits per heavy atom. The summed E-state index contributed by atoms with van der Waals surface area (Å²) in [5, 5.41) is 0. The van der Waals surface area contributed by atoms with Crippen molar-refractivity contribution in [2.45, 2.75) is 25.7 Å². The Balaban J connectivity index is 2.16. The molecule has 0 amide bonds. The molecule has 0 radical (unpaired) electrons. The van der Waals surface area contributed by atoms with E-state index in [1.165, 1.54) is 38.4 Å². The van der Waals surface area contributed by atoms with Crippen molar-refractivity contribution in [3.63, 3.8) is 0 Å². The summed E-state index contributed by atoms with van der Waals surface area (Å²) >= 11 is 0. The van der Waals surface area contributed by atoms with Gasteiger partial charge in [-0.1, -0.05) is 12.8 Å². The lowest BCUT2D eigenvalue weighted by atomic mass is 9.95. The van der Waals surface area contributed by atoms with Gasteiger partial charge in [-0.3, -0.25) is 0 Å². The molecule has 2 aliphatic rings. The van der Waals surface area contributed by atoms with Crippen LogP contribution in [0, 0.1) is 5.92 Å². The third-order valence-electron chi connectivity index (χ3n) is 3.17. The maximum absolute atomic E-state index is 11.4. The number of hydrogen-bond acceptors (Lipinski definition) is 3. The fraction of sp³-hybridized carbons (Fsp3) is 0.727. The maximum atomic E-state index is 11.4. The predicted molar refractivity (Wildman–Crippen MR) is 51.8 cm³/mol. The Kier molecular flexibility index (Phi) is 2.87. The van der Waals surface area contributed by atoms with Gasteiger partial charge in [0.2, 0.25) is 0 Å². The second kappa shape index (κ2) is 4.13. The molecule has 1 heterocycles. The molecule has 0 aromatic carbocycles. The van der Waals surface area contributed by atoms with Crippen LogP contribution in [0.5, 0.6) is 0 Å². The van der Waals surface area contributed by atoms with Gasteiger partial charge in [0.25, 0.3) is 0 Å². The molecule has 0 atom stereocenters. The van der Waals surface area contributed by atoms with Crippen LogP contribution in [0.25, 0.3) is 0 Å². The van der Waals surface area contributed by atoms with Crippen molar-refractivity contribution in [1.82, 2.24) is 0 Å². The summed E-state index contributed by atoms with van der Waals surface area (Å²) in [7, 11) is 1.43. The van der Waals surface area contributed by atoms with E-state index in [4.69, 9.17) is 9.47 Å². The van der Waals surface area contributed by atoms with Crippen molar-refractivity contribution in [2.24, 2.45) is 5.92 Å². The normalized spacial score (nSPS) is 23.2. The van der Waals surface area contributed by atoms with Crippen LogP contribution in [0.4, 0.5) is 0 Å². The van der Waals surface area contributed by atoms with Crippen LogP contribution in [0.2, 0.25) is 0 Å². The molecular weight excluding hydrogens is 180 g/mol. The number of hydrogen-bond donors (Lipinski definition) is 0. The van der Waals surface area contributed by atoms with Gasteiger partial charge in [0.15, 0.2) is 0 Å². The smallest absolute Gasteiger partial charge is 0.336 e. The maximum Gasteiger partial charge on any atom is 0.336 e. The lowest BCUT2D eigenvalue weighted by Gasteiger charge is -2.10. The summed E-state index contributed by atoms with van der Waals surface area (Å²) in [6.07, 6.45) is 4.98. The van der Waals surface area contributed by atoms with Crippen LogP contribution in [0.1, 0.15) is 25.7 Å². The number of esters is 1. The molecule has 14 heavy (non-hydrogen) atoms. The first-order valence-corrected chi connectivity index (χ1v) is 5.21. The van der Waals surface area contributed by atoms with E-state index in [0.29, 0.717) is 19.1 Å². The van der Waals surface area contributed by atoms with E-state index in [0.717, 1.165) is 5.57 Å². The molecule has 3 nitrogen and oxygen atoms in total. The van der Waals surface area contributed by atoms with Gasteiger partial charge in [-0.25, -0.2) is 4.79 Å². The minimum absolute atomic E-state index is 0.204. The molecule has 0 saturated heterocycles. The SMILES string of the molecule is COC(=O)C1=C(C2CCCC2)COC1. The lowest BCUT2D eigenvalue weighted by molar-refractivity contribution is -0.136. The molecule has 0 unspecified atom stereocenters. The Bertz CT molecular complexity index is 262. The average molecular weight is 196 g/mol. The van der Waals surface area contributed by atoms with Crippen molar-refractivity contribution in [3.8, 4) is 0 Å². The van der Waals surface area contributed by atoms with Crippen LogP contribution in [0.3, 0.4) is 0 Å². The summed E-state index contributed by atoms with van der Waals surface area (Å²) < 4.78 is 10.1. The third-order valence-corrected chi connectivity index (χ3v) is 3.17. The topological polar surface area (TPSA) is 35.5 Å². The summed E-state index contributed by atoms with van der Waals surface area (Å²) in [5.74, 6) is 0.371. The lowest BCUT2D eigenvalue weighted by Crippen LogP contribution is -2.10. The summed E-state index contributed by atoms with van der Waals surface area (Å²) in [6.45, 7) is 1.08. The zero-order valence-electron chi connectivity index (χ0n) is 8.54. The van der Waals surface area contributed by atoms with Gasteiger partial charge in [-0.15, -0.1) is 0 Å². The minimum atomic E-state index is -0.204. The number of rotatable bonds is 2. The first-order chi connectivity index (χ1) is 6.83. The highest BCUT2D eigenvalue weighted by atomic mass is 16.5. The van der Waals surface area contributed by atoms with Gasteiger partial charge in [0.05, 0.1) is 25.9 Å². The van der Waals surface area contributed by atoms with Crippen LogP contribution in [0.15, 0.2) is 11.1 Å². The van der Waals surface area contributed by atoms with Gasteiger partial charge in [-0.2, -0.15) is 0 Å². The van der Waals surface area contributed by atoms with Gasteiger partial charge in [0, 0.05) is 0 Å². The Labute approximate surface area is 84.1 Å². The fourth-order valence-corrected chi connectivity index (χ4v) is 2.39. The molecule has 0 aromatic heterocycles. The predicted octanol–water partition coefficient (Wildman–Crippen LogP) is 1.68. The van der Waals surface area contributed by atoms with Gasteiger partial charge in [0.1, 0.15) is 0 Å². The quantitative estimate of drug-likeness (QED) is 0.630. The molecule has 78 valence electrons. The van der Waals surface area contributed by atoms with Crippen molar-refractivity contribution in [3.05, 3.63) is 11.1 Å². The number of methoxy groups -OCH3 is 1. The molecule has 2 rings (SSSR count).